The number of aromatic nitrogens is 1. The average molecular weight is 276 g/mol. The largest absolute Gasteiger partial charge is 0.481 e. The fraction of sp³-hybridized carbons (Fsp3) is 0.600. The summed E-state index contributed by atoms with van der Waals surface area (Å²) >= 11 is 0. The molecular weight excluding hydrogens is 256 g/mol. The summed E-state index contributed by atoms with van der Waals surface area (Å²) in [5.41, 5.74) is 1.04. The molecular formula is C15H20N2O3. The minimum atomic E-state index is -0.701. The Morgan fingerprint density at radius 2 is 2.15 bits per heavy atom. The van der Waals surface area contributed by atoms with Gasteiger partial charge in [-0.15, -0.1) is 0 Å². The van der Waals surface area contributed by atoms with Crippen molar-refractivity contribution in [2.24, 2.45) is 5.92 Å². The van der Waals surface area contributed by atoms with Gasteiger partial charge in [-0.2, -0.15) is 0 Å². The second-order valence-corrected chi connectivity index (χ2v) is 5.64. The lowest BCUT2D eigenvalue weighted by molar-refractivity contribution is -0.141. The van der Waals surface area contributed by atoms with Crippen LogP contribution in [0.3, 0.4) is 0 Å². The van der Waals surface area contributed by atoms with Crippen LogP contribution in [0.2, 0.25) is 0 Å². The van der Waals surface area contributed by atoms with Gasteiger partial charge in [0, 0.05) is 50.7 Å². The van der Waals surface area contributed by atoms with E-state index in [4.69, 9.17) is 4.74 Å². The number of carbonyl (C=O) groups is 1. The minimum Gasteiger partial charge on any atom is -0.481 e. The fourth-order valence-electron chi connectivity index (χ4n) is 3.37. The first-order valence-electron chi connectivity index (χ1n) is 7.20. The molecule has 2 aliphatic rings. The summed E-state index contributed by atoms with van der Waals surface area (Å²) in [5, 5.41) is 9.49. The van der Waals surface area contributed by atoms with Crippen molar-refractivity contribution < 1.29 is 14.6 Å². The number of hydrogen-bond donors (Lipinski definition) is 1. The van der Waals surface area contributed by atoms with Gasteiger partial charge < -0.3 is 9.84 Å². The first-order chi connectivity index (χ1) is 9.75. The summed E-state index contributed by atoms with van der Waals surface area (Å²) in [6.07, 6.45) is 5.54. The third-order valence-electron chi connectivity index (χ3n) is 4.49. The number of pyridine rings is 1. The lowest BCUT2D eigenvalue weighted by Gasteiger charge is -2.31. The first-order valence-corrected chi connectivity index (χ1v) is 7.20. The van der Waals surface area contributed by atoms with E-state index in [1.54, 1.807) is 12.4 Å². The van der Waals surface area contributed by atoms with Crippen LogP contribution in [0, 0.1) is 5.92 Å². The van der Waals surface area contributed by atoms with Crippen molar-refractivity contribution in [1.29, 1.82) is 0 Å². The molecule has 1 aromatic rings. The van der Waals surface area contributed by atoms with Crippen molar-refractivity contribution in [2.45, 2.75) is 24.8 Å². The molecule has 2 aliphatic heterocycles. The third-order valence-corrected chi connectivity index (χ3v) is 4.49. The lowest BCUT2D eigenvalue weighted by Crippen LogP contribution is -2.38. The topological polar surface area (TPSA) is 62.7 Å². The molecule has 1 N–H and O–H groups in total. The van der Waals surface area contributed by atoms with Crippen LogP contribution in [0.15, 0.2) is 24.5 Å². The van der Waals surface area contributed by atoms with Crippen LogP contribution in [0.1, 0.15) is 24.3 Å². The smallest absolute Gasteiger partial charge is 0.308 e. The molecule has 0 radical (unpaired) electrons. The molecule has 0 bridgehead atoms. The Balaban J connectivity index is 1.77. The van der Waals surface area contributed by atoms with Gasteiger partial charge in [-0.3, -0.25) is 14.7 Å². The van der Waals surface area contributed by atoms with Crippen LogP contribution in [0.25, 0.3) is 0 Å². The Hall–Kier alpha value is -1.46. The van der Waals surface area contributed by atoms with Crippen molar-refractivity contribution in [3.63, 3.8) is 0 Å². The molecule has 5 nitrogen and oxygen atoms in total. The van der Waals surface area contributed by atoms with E-state index in [-0.39, 0.29) is 11.8 Å². The van der Waals surface area contributed by atoms with E-state index >= 15 is 0 Å². The highest BCUT2D eigenvalue weighted by Gasteiger charge is 2.41. The van der Waals surface area contributed by atoms with Crippen LogP contribution in [0.5, 0.6) is 0 Å². The average Bonchev–Trinajstić information content (AvgIpc) is 2.94. The Morgan fingerprint density at radius 3 is 2.80 bits per heavy atom. The molecule has 1 aromatic heterocycles. The first kappa shape index (κ1) is 13.5. The molecule has 5 heteroatoms. The Morgan fingerprint density at radius 1 is 1.35 bits per heavy atom. The Kier molecular flexibility index (Phi) is 3.98. The number of rotatable bonds is 3. The van der Waals surface area contributed by atoms with Gasteiger partial charge in [0.1, 0.15) is 0 Å². The van der Waals surface area contributed by atoms with Crippen molar-refractivity contribution in [1.82, 2.24) is 9.88 Å². The molecule has 0 aromatic carbocycles. The Bertz CT molecular complexity index is 459. The lowest BCUT2D eigenvalue weighted by atomic mass is 9.90. The van der Waals surface area contributed by atoms with Crippen molar-refractivity contribution in [3.05, 3.63) is 30.1 Å². The number of likely N-dealkylation sites (tertiary alicyclic amines) is 1. The van der Waals surface area contributed by atoms with Crippen LogP contribution in [-0.4, -0.2) is 53.3 Å². The summed E-state index contributed by atoms with van der Waals surface area (Å²) in [5.74, 6) is -0.987. The number of carboxylic acids is 1. The highest BCUT2D eigenvalue weighted by atomic mass is 16.5. The normalized spacial score (nSPS) is 28.6. The van der Waals surface area contributed by atoms with Gasteiger partial charge in [-0.25, -0.2) is 0 Å². The molecule has 0 saturated carbocycles. The van der Waals surface area contributed by atoms with Crippen molar-refractivity contribution in [3.8, 4) is 0 Å². The fourth-order valence-corrected chi connectivity index (χ4v) is 3.37. The van der Waals surface area contributed by atoms with Crippen LogP contribution in [-0.2, 0) is 9.53 Å². The van der Waals surface area contributed by atoms with Gasteiger partial charge >= 0.3 is 5.97 Å². The zero-order valence-corrected chi connectivity index (χ0v) is 11.4. The van der Waals surface area contributed by atoms with E-state index in [9.17, 15) is 9.90 Å². The number of carboxylic acid groups (broad SMARTS) is 1. The van der Waals surface area contributed by atoms with E-state index < -0.39 is 5.97 Å². The van der Waals surface area contributed by atoms with Crippen molar-refractivity contribution in [2.75, 3.05) is 26.3 Å². The van der Waals surface area contributed by atoms with Gasteiger partial charge in [0.2, 0.25) is 0 Å². The molecule has 108 valence electrons. The number of ether oxygens (including phenoxy) is 1. The van der Waals surface area contributed by atoms with Gasteiger partial charge in [0.25, 0.3) is 0 Å². The third kappa shape index (κ3) is 2.69. The maximum atomic E-state index is 11.5. The van der Waals surface area contributed by atoms with Crippen LogP contribution >= 0.6 is 0 Å². The van der Waals surface area contributed by atoms with Gasteiger partial charge in [0.05, 0.1) is 5.92 Å². The SMILES string of the molecule is O=C(O)[C@@H]1CN(C2CCOCC2)C[C@H]1c1cccnc1. The van der Waals surface area contributed by atoms with E-state index in [0.29, 0.717) is 12.6 Å². The van der Waals surface area contributed by atoms with Crippen molar-refractivity contribution >= 4 is 5.97 Å². The molecule has 2 saturated heterocycles. The number of aliphatic carboxylic acids is 1. The van der Waals surface area contributed by atoms with E-state index in [2.05, 4.69) is 9.88 Å². The zero-order valence-electron chi connectivity index (χ0n) is 11.4. The molecule has 3 rings (SSSR count). The standard InChI is InChI=1S/C15H20N2O3/c18-15(19)14-10-17(12-3-6-20-7-4-12)9-13(14)11-2-1-5-16-8-11/h1-2,5,8,12-14H,3-4,6-7,9-10H2,(H,18,19)/t13-,14+/m0/s1. The summed E-state index contributed by atoms with van der Waals surface area (Å²) < 4.78 is 5.39. The van der Waals surface area contributed by atoms with E-state index in [1.807, 2.05) is 12.1 Å². The maximum Gasteiger partial charge on any atom is 0.308 e. The highest BCUT2D eigenvalue weighted by molar-refractivity contribution is 5.72. The number of nitrogens with zero attached hydrogens (tertiary/aromatic N) is 2. The summed E-state index contributed by atoms with van der Waals surface area (Å²) in [4.78, 5) is 18.0. The molecule has 0 spiro atoms. The molecule has 3 heterocycles. The van der Waals surface area contributed by atoms with E-state index in [0.717, 1.165) is 38.2 Å². The second kappa shape index (κ2) is 5.89. The molecule has 0 amide bonds. The van der Waals surface area contributed by atoms with Gasteiger partial charge in [0.15, 0.2) is 0 Å². The molecule has 2 atom stereocenters. The highest BCUT2D eigenvalue weighted by Crippen LogP contribution is 2.35. The Labute approximate surface area is 118 Å². The zero-order chi connectivity index (χ0) is 13.9. The molecule has 0 unspecified atom stereocenters. The summed E-state index contributed by atoms with van der Waals surface area (Å²) in [6, 6.07) is 4.33. The molecule has 0 aliphatic carbocycles. The molecule has 2 fully saturated rings. The second-order valence-electron chi connectivity index (χ2n) is 5.64. The molecule has 20 heavy (non-hydrogen) atoms. The van der Waals surface area contributed by atoms with Gasteiger partial charge in [-0.05, 0) is 24.5 Å². The predicted molar refractivity (Wildman–Crippen MR) is 73.5 cm³/mol. The monoisotopic (exact) mass is 276 g/mol. The number of hydrogen-bond acceptors (Lipinski definition) is 4. The van der Waals surface area contributed by atoms with Crippen LogP contribution < -0.4 is 0 Å². The maximum absolute atomic E-state index is 11.5. The minimum absolute atomic E-state index is 0.0454. The van der Waals surface area contributed by atoms with Gasteiger partial charge in [-0.1, -0.05) is 6.07 Å². The van der Waals surface area contributed by atoms with E-state index in [1.165, 1.54) is 0 Å². The van der Waals surface area contributed by atoms with Crippen LogP contribution in [0.4, 0.5) is 0 Å². The quantitative estimate of drug-likeness (QED) is 0.903. The summed E-state index contributed by atoms with van der Waals surface area (Å²) in [6.45, 7) is 3.03. The summed E-state index contributed by atoms with van der Waals surface area (Å²) in [7, 11) is 0. The predicted octanol–water partition coefficient (Wildman–Crippen LogP) is 1.36.